The fraction of sp³-hybridized carbons (Fsp3) is 0.500. The summed E-state index contributed by atoms with van der Waals surface area (Å²) in [4.78, 5) is 25.9. The largest absolute Gasteiger partial charge is 0.350 e. The maximum Gasteiger partial charge on any atom is 0.260 e. The van der Waals surface area contributed by atoms with E-state index in [0.717, 1.165) is 50.0 Å². The van der Waals surface area contributed by atoms with Crippen LogP contribution in [0.4, 0.5) is 4.39 Å². The second kappa shape index (κ2) is 7.60. The number of rotatable bonds is 3. The molecule has 1 aromatic heterocycles. The summed E-state index contributed by atoms with van der Waals surface area (Å²) >= 11 is 6.76. The van der Waals surface area contributed by atoms with Crippen LogP contribution in [-0.4, -0.2) is 46.8 Å². The number of amides is 1. The Morgan fingerprint density at radius 3 is 2.48 bits per heavy atom. The summed E-state index contributed by atoms with van der Waals surface area (Å²) in [6.45, 7) is 5.84. The van der Waals surface area contributed by atoms with Crippen LogP contribution in [0.5, 0.6) is 0 Å². The molecule has 0 radical (unpaired) electrons. The van der Waals surface area contributed by atoms with E-state index in [0.29, 0.717) is 22.1 Å². The predicted molar refractivity (Wildman–Crippen MR) is 127 cm³/mol. The highest BCUT2D eigenvalue weighted by Gasteiger charge is 2.63. The first kappa shape index (κ1) is 21.2. The Kier molecular flexibility index (Phi) is 4.89. The number of hydrogen-bond acceptors (Lipinski definition) is 4. The minimum absolute atomic E-state index is 0.0670. The predicted octanol–water partition coefficient (Wildman–Crippen LogP) is 4.57. The number of amidine groups is 1. The summed E-state index contributed by atoms with van der Waals surface area (Å²) in [6.07, 6.45) is 4.03. The quantitative estimate of drug-likeness (QED) is 0.720. The molecule has 0 unspecified atom stereocenters. The molecular weight excluding hydrogens is 439 g/mol. The zero-order valence-electron chi connectivity index (χ0n) is 18.9. The van der Waals surface area contributed by atoms with Gasteiger partial charge in [0.2, 0.25) is 0 Å². The molecule has 5 nitrogen and oxygen atoms in total. The first-order chi connectivity index (χ1) is 15.9. The zero-order chi connectivity index (χ0) is 22.9. The number of piperazine rings is 1. The zero-order valence-corrected chi connectivity index (χ0v) is 19.7. The number of benzene rings is 1. The van der Waals surface area contributed by atoms with E-state index in [1.807, 2.05) is 6.07 Å². The third kappa shape index (κ3) is 3.25. The van der Waals surface area contributed by atoms with Gasteiger partial charge in [-0.05, 0) is 69.6 Å². The lowest BCUT2D eigenvalue weighted by molar-refractivity contribution is -0.125. The van der Waals surface area contributed by atoms with Gasteiger partial charge in [0, 0.05) is 36.3 Å². The molecular formula is C26H28ClFN4O. The van der Waals surface area contributed by atoms with Crippen molar-refractivity contribution >= 4 is 23.3 Å². The standard InChI is InChI=1S/C26H28ClFN4O/c1-14-13-32(15(2)12-29-14)24-19-11-20(27)22(18-5-3-4-6-21(18)28)30-23(19)26(16-7-8-16,17-9-10-17)25(33)31-24/h3-6,11,14-17,29H,7-10,12-13H2,1-2H3/t14-,15+/m1/s1. The second-order valence-electron chi connectivity index (χ2n) is 10.2. The molecule has 2 aromatic rings. The topological polar surface area (TPSA) is 57.6 Å². The lowest BCUT2D eigenvalue weighted by atomic mass is 9.70. The number of carbonyl (C=O) groups is 1. The van der Waals surface area contributed by atoms with Gasteiger partial charge in [-0.15, -0.1) is 0 Å². The fourth-order valence-corrected chi connectivity index (χ4v) is 6.10. The van der Waals surface area contributed by atoms with E-state index < -0.39 is 5.41 Å². The molecule has 33 heavy (non-hydrogen) atoms. The van der Waals surface area contributed by atoms with E-state index >= 15 is 0 Å². The lowest BCUT2D eigenvalue weighted by Gasteiger charge is -2.43. The van der Waals surface area contributed by atoms with Gasteiger partial charge in [-0.1, -0.05) is 23.7 Å². The highest BCUT2D eigenvalue weighted by atomic mass is 35.5. The molecule has 1 saturated heterocycles. The van der Waals surface area contributed by atoms with Gasteiger partial charge in [0.15, 0.2) is 0 Å². The van der Waals surface area contributed by atoms with Crippen LogP contribution < -0.4 is 5.32 Å². The third-order valence-electron chi connectivity index (χ3n) is 7.78. The van der Waals surface area contributed by atoms with E-state index in [1.54, 1.807) is 18.2 Å². The van der Waals surface area contributed by atoms with Crippen LogP contribution in [0.25, 0.3) is 11.3 Å². The van der Waals surface area contributed by atoms with Crippen LogP contribution >= 0.6 is 11.6 Å². The summed E-state index contributed by atoms with van der Waals surface area (Å²) in [5.74, 6) is 0.743. The number of pyridine rings is 1. The Balaban J connectivity index is 1.58. The number of aliphatic imine (C=N–C) groups is 1. The van der Waals surface area contributed by atoms with E-state index in [2.05, 4.69) is 24.1 Å². The molecule has 2 atom stereocenters. The average Bonchev–Trinajstić information content (AvgIpc) is 3.69. The number of nitrogens with one attached hydrogen (secondary N) is 1. The van der Waals surface area contributed by atoms with Crippen molar-refractivity contribution in [3.8, 4) is 11.3 Å². The van der Waals surface area contributed by atoms with Gasteiger partial charge < -0.3 is 10.2 Å². The van der Waals surface area contributed by atoms with Crippen molar-refractivity contribution in [1.82, 2.24) is 15.2 Å². The van der Waals surface area contributed by atoms with Crippen molar-refractivity contribution < 1.29 is 9.18 Å². The molecule has 0 bridgehead atoms. The first-order valence-electron chi connectivity index (χ1n) is 12.0. The van der Waals surface area contributed by atoms with Crippen molar-refractivity contribution in [1.29, 1.82) is 0 Å². The average molecular weight is 467 g/mol. The van der Waals surface area contributed by atoms with Crippen LogP contribution in [0, 0.1) is 17.7 Å². The molecule has 1 N–H and O–H groups in total. The number of nitrogens with zero attached hydrogens (tertiary/aromatic N) is 3. The van der Waals surface area contributed by atoms with Crippen LogP contribution in [-0.2, 0) is 10.2 Å². The van der Waals surface area contributed by atoms with Crippen LogP contribution in [0.1, 0.15) is 50.8 Å². The number of aromatic nitrogens is 1. The van der Waals surface area contributed by atoms with Gasteiger partial charge in [0.05, 0.1) is 21.8 Å². The van der Waals surface area contributed by atoms with Crippen molar-refractivity contribution in [3.63, 3.8) is 0 Å². The second-order valence-corrected chi connectivity index (χ2v) is 10.6. The Morgan fingerprint density at radius 1 is 1.12 bits per heavy atom. The van der Waals surface area contributed by atoms with Crippen LogP contribution in [0.2, 0.25) is 5.02 Å². The Bertz CT molecular complexity index is 1160. The molecule has 3 fully saturated rings. The summed E-state index contributed by atoms with van der Waals surface area (Å²) in [5, 5.41) is 3.88. The minimum Gasteiger partial charge on any atom is -0.350 e. The van der Waals surface area contributed by atoms with E-state index in [-0.39, 0.29) is 35.6 Å². The van der Waals surface area contributed by atoms with Crippen molar-refractivity contribution in [2.24, 2.45) is 16.8 Å². The Morgan fingerprint density at radius 2 is 1.82 bits per heavy atom. The molecule has 2 saturated carbocycles. The SMILES string of the molecule is C[C@@H]1CN(C2=NC(=O)C(C3CC3)(C3CC3)c3nc(-c4ccccc4F)c(Cl)cc32)[C@@H](C)CN1. The molecule has 1 amide bonds. The number of hydrogen-bond donors (Lipinski definition) is 1. The molecule has 0 spiro atoms. The Labute approximate surface area is 198 Å². The van der Waals surface area contributed by atoms with Gasteiger partial charge in [-0.3, -0.25) is 4.79 Å². The molecule has 2 aliphatic carbocycles. The van der Waals surface area contributed by atoms with E-state index in [1.165, 1.54) is 6.07 Å². The Hall–Kier alpha value is -2.31. The van der Waals surface area contributed by atoms with Crippen molar-refractivity contribution in [2.45, 2.75) is 57.0 Å². The number of halogens is 2. The smallest absolute Gasteiger partial charge is 0.260 e. The maximum absolute atomic E-state index is 14.8. The minimum atomic E-state index is -0.702. The number of carbonyl (C=O) groups excluding carboxylic acids is 1. The number of fused-ring (bicyclic) bond motifs is 1. The molecule has 172 valence electrons. The van der Waals surface area contributed by atoms with Gasteiger partial charge in [-0.2, -0.15) is 4.99 Å². The van der Waals surface area contributed by atoms with E-state index in [9.17, 15) is 9.18 Å². The van der Waals surface area contributed by atoms with Gasteiger partial charge >= 0.3 is 0 Å². The first-order valence-corrected chi connectivity index (χ1v) is 12.4. The molecule has 6 rings (SSSR count). The summed E-state index contributed by atoms with van der Waals surface area (Å²) in [7, 11) is 0. The van der Waals surface area contributed by atoms with Gasteiger partial charge in [-0.25, -0.2) is 9.37 Å². The molecule has 7 heteroatoms. The molecule has 1 aromatic carbocycles. The monoisotopic (exact) mass is 466 g/mol. The van der Waals surface area contributed by atoms with Crippen molar-refractivity contribution in [2.75, 3.05) is 13.1 Å². The lowest BCUT2D eigenvalue weighted by Crippen LogP contribution is -2.58. The van der Waals surface area contributed by atoms with Gasteiger partial charge in [0.25, 0.3) is 5.91 Å². The molecule has 4 aliphatic rings. The van der Waals surface area contributed by atoms with Gasteiger partial charge in [0.1, 0.15) is 11.7 Å². The van der Waals surface area contributed by atoms with Crippen LogP contribution in [0.3, 0.4) is 0 Å². The normalized spacial score (nSPS) is 26.7. The summed E-state index contributed by atoms with van der Waals surface area (Å²) in [5.41, 5.74) is 1.69. The highest BCUT2D eigenvalue weighted by Crippen LogP contribution is 2.61. The third-order valence-corrected chi connectivity index (χ3v) is 8.07. The summed E-state index contributed by atoms with van der Waals surface area (Å²) in [6, 6.07) is 8.91. The molecule has 2 aliphatic heterocycles. The summed E-state index contributed by atoms with van der Waals surface area (Å²) < 4.78 is 14.8. The fourth-order valence-electron chi connectivity index (χ4n) is 5.85. The van der Waals surface area contributed by atoms with Crippen LogP contribution in [0.15, 0.2) is 35.3 Å². The van der Waals surface area contributed by atoms with Crippen molar-refractivity contribution in [3.05, 3.63) is 52.4 Å². The molecule has 3 heterocycles. The maximum atomic E-state index is 14.8. The van der Waals surface area contributed by atoms with E-state index in [4.69, 9.17) is 21.6 Å². The highest BCUT2D eigenvalue weighted by molar-refractivity contribution is 6.33.